The minimum absolute atomic E-state index is 0.179. The molecule has 0 unspecified atom stereocenters. The number of amides is 1. The maximum atomic E-state index is 12.2. The van der Waals surface area contributed by atoms with Crippen molar-refractivity contribution in [2.24, 2.45) is 0 Å². The number of carbonyl (C=O) groups is 1. The third-order valence-corrected chi connectivity index (χ3v) is 5.76. The number of nitrogens with one attached hydrogen (secondary N) is 2. The second-order valence-electron chi connectivity index (χ2n) is 8.13. The zero-order chi connectivity index (χ0) is 23.4. The van der Waals surface area contributed by atoms with E-state index in [9.17, 15) is 4.79 Å². The smallest absolute Gasteiger partial charge is 0.230 e. The van der Waals surface area contributed by atoms with Gasteiger partial charge in [-0.15, -0.1) is 0 Å². The Hall–Kier alpha value is -3.22. The summed E-state index contributed by atoms with van der Waals surface area (Å²) in [5, 5.41) is 6.69. The Kier molecular flexibility index (Phi) is 7.06. The lowest BCUT2D eigenvalue weighted by Gasteiger charge is -2.10. The fourth-order valence-corrected chi connectivity index (χ4v) is 3.69. The zero-order valence-electron chi connectivity index (χ0n) is 18.4. The monoisotopic (exact) mass is 477 g/mol. The van der Waals surface area contributed by atoms with Crippen molar-refractivity contribution >= 4 is 45.9 Å². The predicted molar refractivity (Wildman–Crippen MR) is 136 cm³/mol. The number of fused-ring (bicyclic) bond motifs is 1. The number of oxazole rings is 1. The van der Waals surface area contributed by atoms with Crippen molar-refractivity contribution in [2.45, 2.75) is 32.7 Å². The summed E-state index contributed by atoms with van der Waals surface area (Å²) < 4.78 is 5.92. The first-order valence-corrected chi connectivity index (χ1v) is 11.5. The fraction of sp³-hybridized carbons (Fsp3) is 0.192. The van der Waals surface area contributed by atoms with E-state index in [-0.39, 0.29) is 17.4 Å². The van der Waals surface area contributed by atoms with Crippen molar-refractivity contribution in [2.75, 3.05) is 0 Å². The number of hydrogen-bond acceptors (Lipinski definition) is 4. The highest BCUT2D eigenvalue weighted by Gasteiger charge is 2.11. The topological polar surface area (TPSA) is 67.2 Å². The molecule has 0 aliphatic heterocycles. The Morgan fingerprint density at radius 2 is 1.73 bits per heavy atom. The van der Waals surface area contributed by atoms with Crippen molar-refractivity contribution in [3.05, 3.63) is 88.4 Å². The largest absolute Gasteiger partial charge is 0.436 e. The summed E-state index contributed by atoms with van der Waals surface area (Å²) in [4.78, 5) is 16.8. The molecule has 4 rings (SSSR count). The molecule has 0 bridgehead atoms. The van der Waals surface area contributed by atoms with Crippen LogP contribution in [-0.4, -0.2) is 16.0 Å². The number of benzene rings is 3. The Labute approximate surface area is 203 Å². The maximum Gasteiger partial charge on any atom is 0.230 e. The van der Waals surface area contributed by atoms with Crippen molar-refractivity contribution in [3.63, 3.8) is 0 Å². The van der Waals surface area contributed by atoms with E-state index in [1.807, 2.05) is 42.5 Å². The van der Waals surface area contributed by atoms with Crippen LogP contribution in [-0.2, 0) is 17.8 Å². The third kappa shape index (κ3) is 5.97. The van der Waals surface area contributed by atoms with Crippen LogP contribution in [0, 0.1) is 0 Å². The Morgan fingerprint density at radius 3 is 2.42 bits per heavy atom. The van der Waals surface area contributed by atoms with E-state index >= 15 is 0 Å². The van der Waals surface area contributed by atoms with Crippen molar-refractivity contribution in [1.82, 2.24) is 15.6 Å². The molecule has 33 heavy (non-hydrogen) atoms. The molecule has 0 saturated carbocycles. The standard InChI is InChI=1S/C26H24ClN3O2S/c1-16(2)20-9-12-23-22(14-20)29-25(32-23)19-7-3-18(4-8-19)15-28-26(33)30-24(31)13-17-5-10-21(27)11-6-17/h3-12,14,16H,13,15H2,1-2H3,(H2,28,30,31,33). The second-order valence-corrected chi connectivity index (χ2v) is 8.98. The molecule has 4 aromatic rings. The van der Waals surface area contributed by atoms with Crippen LogP contribution in [0.4, 0.5) is 0 Å². The number of thiocarbonyl (C=S) groups is 1. The first-order chi connectivity index (χ1) is 15.9. The van der Waals surface area contributed by atoms with E-state index in [0.29, 0.717) is 23.4 Å². The summed E-state index contributed by atoms with van der Waals surface area (Å²) >= 11 is 11.1. The highest BCUT2D eigenvalue weighted by Crippen LogP contribution is 2.27. The highest BCUT2D eigenvalue weighted by molar-refractivity contribution is 7.80. The van der Waals surface area contributed by atoms with Gasteiger partial charge in [0.05, 0.1) is 6.42 Å². The first-order valence-electron chi connectivity index (χ1n) is 10.7. The molecule has 2 N–H and O–H groups in total. The fourth-order valence-electron chi connectivity index (χ4n) is 3.38. The molecule has 7 heteroatoms. The molecule has 0 aliphatic carbocycles. The van der Waals surface area contributed by atoms with Gasteiger partial charge in [0.1, 0.15) is 5.52 Å². The molecule has 1 aromatic heterocycles. The van der Waals surface area contributed by atoms with Gasteiger partial charge in [-0.3, -0.25) is 4.79 Å². The van der Waals surface area contributed by atoms with E-state index < -0.39 is 0 Å². The Balaban J connectivity index is 1.32. The molecule has 1 heterocycles. The molecule has 0 saturated heterocycles. The van der Waals surface area contributed by atoms with Crippen LogP contribution in [0.1, 0.15) is 36.5 Å². The lowest BCUT2D eigenvalue weighted by Crippen LogP contribution is -2.39. The van der Waals surface area contributed by atoms with Gasteiger partial charge in [0.25, 0.3) is 0 Å². The molecule has 1 amide bonds. The minimum atomic E-state index is -0.179. The zero-order valence-corrected chi connectivity index (χ0v) is 20.0. The number of nitrogens with zero attached hydrogens (tertiary/aromatic N) is 1. The summed E-state index contributed by atoms with van der Waals surface area (Å²) in [6, 6.07) is 21.2. The molecular weight excluding hydrogens is 454 g/mol. The van der Waals surface area contributed by atoms with Gasteiger partial charge < -0.3 is 15.1 Å². The van der Waals surface area contributed by atoms with Crippen LogP contribution in [0.25, 0.3) is 22.6 Å². The molecule has 5 nitrogen and oxygen atoms in total. The lowest BCUT2D eigenvalue weighted by molar-refractivity contribution is -0.119. The van der Waals surface area contributed by atoms with E-state index in [4.69, 9.17) is 28.2 Å². The maximum absolute atomic E-state index is 12.2. The van der Waals surface area contributed by atoms with Gasteiger partial charge in [0.15, 0.2) is 10.7 Å². The van der Waals surface area contributed by atoms with Crippen molar-refractivity contribution in [3.8, 4) is 11.5 Å². The van der Waals surface area contributed by atoms with E-state index in [1.165, 1.54) is 5.56 Å². The van der Waals surface area contributed by atoms with Gasteiger partial charge in [-0.05, 0) is 71.2 Å². The van der Waals surface area contributed by atoms with Crippen LogP contribution in [0.15, 0.2) is 71.1 Å². The van der Waals surface area contributed by atoms with Crippen LogP contribution in [0.2, 0.25) is 5.02 Å². The molecule has 0 atom stereocenters. The van der Waals surface area contributed by atoms with E-state index in [0.717, 1.165) is 27.8 Å². The van der Waals surface area contributed by atoms with E-state index in [2.05, 4.69) is 41.6 Å². The molecule has 0 aliphatic rings. The molecule has 0 spiro atoms. The van der Waals surface area contributed by atoms with Gasteiger partial charge in [0.2, 0.25) is 11.8 Å². The quantitative estimate of drug-likeness (QED) is 0.333. The Bertz CT molecular complexity index is 1280. The molecule has 0 fully saturated rings. The van der Waals surface area contributed by atoms with Gasteiger partial charge in [0, 0.05) is 17.1 Å². The second kappa shape index (κ2) is 10.1. The number of rotatable bonds is 6. The molecule has 3 aromatic carbocycles. The number of hydrogen-bond donors (Lipinski definition) is 2. The first kappa shape index (κ1) is 23.0. The number of aromatic nitrogens is 1. The third-order valence-electron chi connectivity index (χ3n) is 5.26. The summed E-state index contributed by atoms with van der Waals surface area (Å²) in [6.45, 7) is 4.81. The van der Waals surface area contributed by atoms with Crippen LogP contribution >= 0.6 is 23.8 Å². The minimum Gasteiger partial charge on any atom is -0.436 e. The number of halogens is 1. The van der Waals surface area contributed by atoms with Crippen LogP contribution in [0.3, 0.4) is 0 Å². The summed E-state index contributed by atoms with van der Waals surface area (Å²) in [7, 11) is 0. The summed E-state index contributed by atoms with van der Waals surface area (Å²) in [5.74, 6) is 0.854. The average Bonchev–Trinajstić information content (AvgIpc) is 3.23. The number of carbonyl (C=O) groups excluding carboxylic acids is 1. The lowest BCUT2D eigenvalue weighted by atomic mass is 10.0. The molecule has 168 valence electrons. The van der Waals surface area contributed by atoms with Gasteiger partial charge in [-0.25, -0.2) is 4.98 Å². The highest BCUT2D eigenvalue weighted by atomic mass is 35.5. The SMILES string of the molecule is CC(C)c1ccc2oc(-c3ccc(CNC(=S)NC(=O)Cc4ccc(Cl)cc4)cc3)nc2c1. The van der Waals surface area contributed by atoms with E-state index in [1.54, 1.807) is 12.1 Å². The van der Waals surface area contributed by atoms with Crippen molar-refractivity contribution < 1.29 is 9.21 Å². The van der Waals surface area contributed by atoms with Crippen LogP contribution < -0.4 is 10.6 Å². The summed E-state index contributed by atoms with van der Waals surface area (Å²) in [6.07, 6.45) is 0.233. The predicted octanol–water partition coefficient (Wildman–Crippen LogP) is 6.01. The van der Waals surface area contributed by atoms with Gasteiger partial charge in [-0.1, -0.05) is 55.8 Å². The summed E-state index contributed by atoms with van der Waals surface area (Å²) in [5.41, 5.74) is 5.67. The average molecular weight is 478 g/mol. The Morgan fingerprint density at radius 1 is 1.03 bits per heavy atom. The molecular formula is C26H24ClN3O2S. The normalized spacial score (nSPS) is 11.0. The van der Waals surface area contributed by atoms with Gasteiger partial charge in [-0.2, -0.15) is 0 Å². The van der Waals surface area contributed by atoms with Crippen molar-refractivity contribution in [1.29, 1.82) is 0 Å². The van der Waals surface area contributed by atoms with Crippen LogP contribution in [0.5, 0.6) is 0 Å². The molecule has 0 radical (unpaired) electrons. The van der Waals surface area contributed by atoms with Gasteiger partial charge >= 0.3 is 0 Å².